The molecule has 7 heteroatoms. The summed E-state index contributed by atoms with van der Waals surface area (Å²) in [4.78, 5) is 35.7. The van der Waals surface area contributed by atoms with E-state index < -0.39 is 12.3 Å². The van der Waals surface area contributed by atoms with Crippen molar-refractivity contribution in [3.05, 3.63) is 95.8 Å². The molecule has 1 aliphatic heterocycles. The van der Waals surface area contributed by atoms with E-state index in [9.17, 15) is 9.59 Å². The molecule has 1 atom stereocenters. The average molecular weight is 400 g/mol. The molecule has 0 spiro atoms. The molecule has 1 N–H and O–H groups in total. The van der Waals surface area contributed by atoms with Crippen LogP contribution in [0.3, 0.4) is 0 Å². The van der Waals surface area contributed by atoms with E-state index in [0.717, 1.165) is 11.1 Å². The van der Waals surface area contributed by atoms with Gasteiger partial charge in [-0.2, -0.15) is 0 Å². The highest BCUT2D eigenvalue weighted by Gasteiger charge is 2.31. The van der Waals surface area contributed by atoms with Gasteiger partial charge in [0.1, 0.15) is 6.61 Å². The maximum atomic E-state index is 13.0. The molecule has 7 nitrogen and oxygen atoms in total. The number of anilines is 1. The number of likely N-dealkylation sites (N-methyl/N-ethyl adjacent to an activating group) is 1. The molecule has 0 aliphatic carbocycles. The van der Waals surface area contributed by atoms with Crippen LogP contribution in [0.1, 0.15) is 16.7 Å². The minimum absolute atomic E-state index is 0.100. The van der Waals surface area contributed by atoms with Gasteiger partial charge in [0.2, 0.25) is 6.17 Å². The number of pyridine rings is 1. The van der Waals surface area contributed by atoms with Crippen molar-refractivity contribution in [3.8, 4) is 0 Å². The summed E-state index contributed by atoms with van der Waals surface area (Å²) in [7, 11) is 1.65. The van der Waals surface area contributed by atoms with Gasteiger partial charge in [-0.05, 0) is 11.6 Å². The Morgan fingerprint density at radius 2 is 1.77 bits per heavy atom. The predicted octanol–water partition coefficient (Wildman–Crippen LogP) is 3.15. The molecule has 0 fully saturated rings. The summed E-state index contributed by atoms with van der Waals surface area (Å²) in [5.41, 5.74) is 3.62. The number of alkyl carbamates (subject to hydrolysis) is 1. The van der Waals surface area contributed by atoms with Gasteiger partial charge in [0, 0.05) is 30.6 Å². The topological polar surface area (TPSA) is 83.9 Å². The molecular formula is C23H20N4O3. The Morgan fingerprint density at radius 3 is 2.50 bits per heavy atom. The minimum Gasteiger partial charge on any atom is -0.445 e. The highest BCUT2D eigenvalue weighted by molar-refractivity contribution is 6.20. The van der Waals surface area contributed by atoms with E-state index in [2.05, 4.69) is 15.3 Å². The van der Waals surface area contributed by atoms with Gasteiger partial charge in [-0.1, -0.05) is 60.7 Å². The maximum Gasteiger partial charge on any atom is 0.409 e. The number of nitrogens with one attached hydrogen (secondary N) is 1. The summed E-state index contributed by atoms with van der Waals surface area (Å²) >= 11 is 0. The first-order valence-electron chi connectivity index (χ1n) is 9.46. The highest BCUT2D eigenvalue weighted by atomic mass is 16.5. The van der Waals surface area contributed by atoms with Crippen LogP contribution in [0.15, 0.2) is 84.1 Å². The zero-order chi connectivity index (χ0) is 20.9. The van der Waals surface area contributed by atoms with Crippen LogP contribution in [0.25, 0.3) is 0 Å². The number of amides is 2. The summed E-state index contributed by atoms with van der Waals surface area (Å²) < 4.78 is 5.27. The highest BCUT2D eigenvalue weighted by Crippen LogP contribution is 2.26. The van der Waals surface area contributed by atoms with Gasteiger partial charge in [-0.3, -0.25) is 15.1 Å². The van der Waals surface area contributed by atoms with Crippen molar-refractivity contribution in [2.24, 2.45) is 4.99 Å². The second-order valence-electron chi connectivity index (χ2n) is 6.74. The van der Waals surface area contributed by atoms with E-state index in [-0.39, 0.29) is 12.5 Å². The number of hydrogen-bond donors (Lipinski definition) is 1. The summed E-state index contributed by atoms with van der Waals surface area (Å²) in [6, 6.07) is 20.6. The number of rotatable bonds is 4. The summed E-state index contributed by atoms with van der Waals surface area (Å²) in [5, 5.41) is 2.58. The normalized spacial score (nSPS) is 15.6. The lowest BCUT2D eigenvalue weighted by atomic mass is 10.0. The Kier molecular flexibility index (Phi) is 5.52. The number of benzene rings is 2. The van der Waals surface area contributed by atoms with E-state index in [0.29, 0.717) is 17.0 Å². The van der Waals surface area contributed by atoms with Gasteiger partial charge in [0.25, 0.3) is 5.91 Å². The van der Waals surface area contributed by atoms with Crippen LogP contribution in [-0.4, -0.2) is 35.9 Å². The predicted molar refractivity (Wildman–Crippen MR) is 113 cm³/mol. The van der Waals surface area contributed by atoms with E-state index >= 15 is 0 Å². The minimum atomic E-state index is -1.12. The third-order valence-corrected chi connectivity index (χ3v) is 4.75. The van der Waals surface area contributed by atoms with Crippen LogP contribution in [0.4, 0.5) is 10.5 Å². The molecule has 2 amide bonds. The van der Waals surface area contributed by atoms with Crippen molar-refractivity contribution < 1.29 is 14.3 Å². The van der Waals surface area contributed by atoms with Gasteiger partial charge in [-0.15, -0.1) is 0 Å². The zero-order valence-electron chi connectivity index (χ0n) is 16.4. The number of hydrogen-bond acceptors (Lipinski definition) is 5. The number of ether oxygens (including phenoxy) is 1. The fraction of sp³-hybridized carbons (Fsp3) is 0.130. The molecule has 30 heavy (non-hydrogen) atoms. The van der Waals surface area contributed by atoms with Crippen molar-refractivity contribution in [2.45, 2.75) is 12.8 Å². The Labute approximate surface area is 174 Å². The Balaban J connectivity index is 1.62. The molecule has 4 rings (SSSR count). The van der Waals surface area contributed by atoms with Crippen molar-refractivity contribution in [3.63, 3.8) is 0 Å². The molecular weight excluding hydrogens is 380 g/mol. The zero-order valence-corrected chi connectivity index (χ0v) is 16.4. The molecule has 0 saturated carbocycles. The van der Waals surface area contributed by atoms with Crippen LogP contribution in [0.2, 0.25) is 0 Å². The van der Waals surface area contributed by atoms with Crippen molar-refractivity contribution >= 4 is 23.4 Å². The summed E-state index contributed by atoms with van der Waals surface area (Å²) in [5.74, 6) is -0.370. The van der Waals surface area contributed by atoms with Gasteiger partial charge in [-0.25, -0.2) is 9.79 Å². The third kappa shape index (κ3) is 4.05. The first-order valence-corrected chi connectivity index (χ1v) is 9.46. The molecule has 0 saturated heterocycles. The van der Waals surface area contributed by atoms with E-state index in [1.165, 1.54) is 4.90 Å². The fourth-order valence-electron chi connectivity index (χ4n) is 3.21. The van der Waals surface area contributed by atoms with Crippen LogP contribution in [0.5, 0.6) is 0 Å². The monoisotopic (exact) mass is 400 g/mol. The second kappa shape index (κ2) is 8.57. The van der Waals surface area contributed by atoms with Crippen molar-refractivity contribution in [1.29, 1.82) is 0 Å². The number of carbonyl (C=O) groups excluding carboxylic acids is 2. The molecule has 1 aromatic heterocycles. The number of aromatic nitrogens is 1. The van der Waals surface area contributed by atoms with Crippen LogP contribution in [-0.2, 0) is 16.1 Å². The molecule has 150 valence electrons. The Morgan fingerprint density at radius 1 is 1.07 bits per heavy atom. The lowest BCUT2D eigenvalue weighted by Crippen LogP contribution is -2.46. The first-order chi connectivity index (χ1) is 14.6. The van der Waals surface area contributed by atoms with Crippen molar-refractivity contribution in [1.82, 2.24) is 10.3 Å². The molecule has 2 aromatic carbocycles. The van der Waals surface area contributed by atoms with Gasteiger partial charge in [0.15, 0.2) is 0 Å². The van der Waals surface area contributed by atoms with Crippen LogP contribution < -0.4 is 10.2 Å². The standard InChI is InChI=1S/C23H20N4O3/c1-27-19-12-13-24-14-18(19)20(17-10-6-3-7-11-17)25-21(22(27)28)26-23(29)30-15-16-8-4-2-5-9-16/h2-14,21H,15H2,1H3,(H,26,29). The molecule has 3 aromatic rings. The third-order valence-electron chi connectivity index (χ3n) is 4.75. The van der Waals surface area contributed by atoms with Gasteiger partial charge < -0.3 is 9.64 Å². The summed E-state index contributed by atoms with van der Waals surface area (Å²) in [6.07, 6.45) is 1.44. The smallest absolute Gasteiger partial charge is 0.409 e. The van der Waals surface area contributed by atoms with E-state index in [1.807, 2.05) is 60.7 Å². The maximum absolute atomic E-state index is 13.0. The molecule has 1 aliphatic rings. The molecule has 1 unspecified atom stereocenters. The first kappa shape index (κ1) is 19.3. The fourth-order valence-corrected chi connectivity index (χ4v) is 3.21. The molecule has 2 heterocycles. The Hall–Kier alpha value is -4.00. The number of fused-ring (bicyclic) bond motifs is 1. The number of aliphatic imine (C=N–C) groups is 1. The SMILES string of the molecule is CN1C(=O)C(NC(=O)OCc2ccccc2)N=C(c2ccccc2)c2cnccc21. The molecule has 0 radical (unpaired) electrons. The summed E-state index contributed by atoms with van der Waals surface area (Å²) in [6.45, 7) is 0.100. The Bertz CT molecular complexity index is 1080. The van der Waals surface area contributed by atoms with Gasteiger partial charge in [0.05, 0.1) is 11.4 Å². The van der Waals surface area contributed by atoms with Crippen molar-refractivity contribution in [2.75, 3.05) is 11.9 Å². The lowest BCUT2D eigenvalue weighted by molar-refractivity contribution is -0.120. The van der Waals surface area contributed by atoms with Crippen LogP contribution in [0, 0.1) is 0 Å². The quantitative estimate of drug-likeness (QED) is 0.729. The van der Waals surface area contributed by atoms with E-state index in [4.69, 9.17) is 4.74 Å². The number of carbonyl (C=O) groups is 2. The van der Waals surface area contributed by atoms with Crippen LogP contribution >= 0.6 is 0 Å². The second-order valence-corrected chi connectivity index (χ2v) is 6.74. The van der Waals surface area contributed by atoms with E-state index in [1.54, 1.807) is 25.5 Å². The average Bonchev–Trinajstić information content (AvgIpc) is 2.90. The lowest BCUT2D eigenvalue weighted by Gasteiger charge is -2.20. The van der Waals surface area contributed by atoms with Gasteiger partial charge >= 0.3 is 6.09 Å². The molecule has 0 bridgehead atoms. The largest absolute Gasteiger partial charge is 0.445 e. The number of nitrogens with zero attached hydrogens (tertiary/aromatic N) is 3.